The molecule has 0 aliphatic carbocycles. The lowest BCUT2D eigenvalue weighted by Gasteiger charge is -2.25. The lowest BCUT2D eigenvalue weighted by Crippen LogP contribution is -2.46. The van der Waals surface area contributed by atoms with Crippen LogP contribution in [0.25, 0.3) is 0 Å². The number of benzene rings is 2. The fourth-order valence-electron chi connectivity index (χ4n) is 5.19. The molecule has 1 aliphatic heterocycles. The minimum atomic E-state index is -0.755. The molecule has 2 N–H and O–H groups in total. The first-order chi connectivity index (χ1) is 18.3. The van der Waals surface area contributed by atoms with Crippen molar-refractivity contribution in [3.8, 4) is 0 Å². The van der Waals surface area contributed by atoms with E-state index in [1.54, 1.807) is 13.1 Å². The van der Waals surface area contributed by atoms with Crippen LogP contribution in [0.1, 0.15) is 40.8 Å². The van der Waals surface area contributed by atoms with Gasteiger partial charge in [0.2, 0.25) is 0 Å². The molecule has 2 aromatic carbocycles. The second kappa shape index (κ2) is 10.7. The van der Waals surface area contributed by atoms with Gasteiger partial charge >= 0.3 is 5.69 Å². The van der Waals surface area contributed by atoms with Gasteiger partial charge in [0.15, 0.2) is 0 Å². The van der Waals surface area contributed by atoms with Crippen LogP contribution < -0.4 is 21.9 Å². The summed E-state index contributed by atoms with van der Waals surface area (Å²) in [6.45, 7) is 2.37. The highest BCUT2D eigenvalue weighted by molar-refractivity contribution is 5.51. The van der Waals surface area contributed by atoms with Gasteiger partial charge in [0.1, 0.15) is 17.3 Å². The van der Waals surface area contributed by atoms with Gasteiger partial charge in [-0.15, -0.1) is 0 Å². The lowest BCUT2D eigenvalue weighted by atomic mass is 10.0. The Morgan fingerprint density at radius 3 is 2.42 bits per heavy atom. The third-order valence-corrected chi connectivity index (χ3v) is 7.30. The van der Waals surface area contributed by atoms with Gasteiger partial charge in [0, 0.05) is 48.7 Å². The smallest absolute Gasteiger partial charge is 0.331 e. The van der Waals surface area contributed by atoms with Gasteiger partial charge < -0.3 is 10.6 Å². The zero-order valence-corrected chi connectivity index (χ0v) is 21.1. The number of pyridine rings is 1. The summed E-state index contributed by atoms with van der Waals surface area (Å²) in [5.41, 5.74) is 7.59. The lowest BCUT2D eigenvalue weighted by molar-refractivity contribution is 0.491. The van der Waals surface area contributed by atoms with Crippen molar-refractivity contribution in [2.45, 2.75) is 38.4 Å². The molecule has 7 nitrogen and oxygen atoms in total. The third kappa shape index (κ3) is 4.89. The predicted octanol–water partition coefficient (Wildman–Crippen LogP) is 3.73. The van der Waals surface area contributed by atoms with Crippen LogP contribution in [0.5, 0.6) is 0 Å². The molecule has 1 saturated heterocycles. The van der Waals surface area contributed by atoms with Crippen molar-refractivity contribution >= 4 is 5.69 Å². The maximum atomic E-state index is 14.6. The highest BCUT2D eigenvalue weighted by atomic mass is 19.1. The topological polar surface area (TPSA) is 86.2 Å². The Labute approximate surface area is 218 Å². The summed E-state index contributed by atoms with van der Waals surface area (Å²) in [6.07, 6.45) is 4.34. The van der Waals surface area contributed by atoms with Crippen molar-refractivity contribution in [3.63, 3.8) is 0 Å². The second-order valence-corrected chi connectivity index (χ2v) is 9.65. The molecule has 38 heavy (non-hydrogen) atoms. The first-order valence-corrected chi connectivity index (χ1v) is 12.6. The molecular weight excluding hydrogens is 488 g/mol. The number of aromatic nitrogens is 3. The van der Waals surface area contributed by atoms with Crippen molar-refractivity contribution in [1.82, 2.24) is 14.1 Å². The molecule has 1 aliphatic rings. The van der Waals surface area contributed by atoms with E-state index in [0.717, 1.165) is 34.2 Å². The van der Waals surface area contributed by atoms with E-state index in [0.29, 0.717) is 24.5 Å². The molecule has 0 radical (unpaired) electrons. The van der Waals surface area contributed by atoms with Gasteiger partial charge in [-0.05, 0) is 42.7 Å². The number of nitrogens with two attached hydrogens (primary N) is 1. The van der Waals surface area contributed by atoms with Crippen molar-refractivity contribution in [2.75, 3.05) is 18.0 Å². The largest absolute Gasteiger partial charge is 0.365 e. The molecule has 1 fully saturated rings. The average Bonchev–Trinajstić information content (AvgIpc) is 3.41. The standard InChI is InChI=1S/C29H29F2N5O2/c1-19-27(34-14-12-22(16-34)21-9-6-13-33-15-21)28(37)36(18-26(32)20-7-3-2-4-8-20)29(38)35(19)17-23-24(30)10-5-11-25(23)31/h2-11,13,15,22,26H,12,14,16-18,32H2,1H3/t22?,26-/m1/s1. The number of halogens is 2. The first-order valence-electron chi connectivity index (χ1n) is 12.6. The Morgan fingerprint density at radius 1 is 1.00 bits per heavy atom. The Kier molecular flexibility index (Phi) is 7.20. The molecule has 9 heteroatoms. The Bertz CT molecular complexity index is 1530. The van der Waals surface area contributed by atoms with E-state index in [1.165, 1.54) is 10.6 Å². The van der Waals surface area contributed by atoms with Crippen LogP contribution in [0.15, 0.2) is 82.6 Å². The SMILES string of the molecule is Cc1c(N2CCC(c3cccnc3)C2)c(=O)n(C[C@@H](N)c2ccccc2)c(=O)n1Cc1c(F)cccc1F. The molecule has 0 saturated carbocycles. The minimum absolute atomic E-state index is 0.0748. The normalized spacial score (nSPS) is 16.1. The van der Waals surface area contributed by atoms with Crippen LogP contribution in [0.2, 0.25) is 0 Å². The zero-order valence-electron chi connectivity index (χ0n) is 21.1. The van der Waals surface area contributed by atoms with Gasteiger partial charge in [-0.3, -0.25) is 18.9 Å². The van der Waals surface area contributed by atoms with E-state index >= 15 is 0 Å². The maximum absolute atomic E-state index is 14.6. The Balaban J connectivity index is 1.60. The summed E-state index contributed by atoms with van der Waals surface area (Å²) in [5, 5.41) is 0. The second-order valence-electron chi connectivity index (χ2n) is 9.65. The molecule has 196 valence electrons. The first kappa shape index (κ1) is 25.5. The molecular formula is C29H29F2N5O2. The van der Waals surface area contributed by atoms with Crippen molar-refractivity contribution in [1.29, 1.82) is 0 Å². The average molecular weight is 518 g/mol. The molecule has 0 bridgehead atoms. The maximum Gasteiger partial charge on any atom is 0.331 e. The number of rotatable bonds is 7. The van der Waals surface area contributed by atoms with Gasteiger partial charge in [0.25, 0.3) is 5.56 Å². The Morgan fingerprint density at radius 2 is 1.74 bits per heavy atom. The van der Waals surface area contributed by atoms with E-state index in [9.17, 15) is 18.4 Å². The van der Waals surface area contributed by atoms with Gasteiger partial charge in [-0.2, -0.15) is 0 Å². The van der Waals surface area contributed by atoms with Crippen molar-refractivity contribution < 1.29 is 8.78 Å². The summed E-state index contributed by atoms with van der Waals surface area (Å²) in [5.74, 6) is -1.35. The molecule has 3 heterocycles. The number of nitrogens with zero attached hydrogens (tertiary/aromatic N) is 4. The molecule has 2 atom stereocenters. The molecule has 0 amide bonds. The van der Waals surface area contributed by atoms with E-state index in [-0.39, 0.29) is 24.6 Å². The van der Waals surface area contributed by atoms with Crippen LogP contribution in [0.4, 0.5) is 14.5 Å². The third-order valence-electron chi connectivity index (χ3n) is 7.30. The summed E-state index contributed by atoms with van der Waals surface area (Å²) >= 11 is 0. The van der Waals surface area contributed by atoms with Gasteiger partial charge in [0.05, 0.1) is 13.1 Å². The summed E-state index contributed by atoms with van der Waals surface area (Å²) in [7, 11) is 0. The molecule has 1 unspecified atom stereocenters. The van der Waals surface area contributed by atoms with Crippen LogP contribution in [-0.2, 0) is 13.1 Å². The molecule has 5 rings (SSSR count). The van der Waals surface area contributed by atoms with E-state index in [2.05, 4.69) is 4.98 Å². The molecule has 2 aromatic heterocycles. The van der Waals surface area contributed by atoms with Gasteiger partial charge in [-0.25, -0.2) is 13.6 Å². The van der Waals surface area contributed by atoms with E-state index in [4.69, 9.17) is 5.73 Å². The van der Waals surface area contributed by atoms with Crippen LogP contribution in [-0.4, -0.2) is 27.2 Å². The summed E-state index contributed by atoms with van der Waals surface area (Å²) in [6, 6.07) is 16.0. The minimum Gasteiger partial charge on any atom is -0.365 e. The van der Waals surface area contributed by atoms with Crippen molar-refractivity contribution in [3.05, 3.63) is 128 Å². The van der Waals surface area contributed by atoms with Crippen LogP contribution in [0.3, 0.4) is 0 Å². The summed E-state index contributed by atoms with van der Waals surface area (Å²) in [4.78, 5) is 33.7. The van der Waals surface area contributed by atoms with Crippen LogP contribution in [0, 0.1) is 18.6 Å². The fraction of sp³-hybridized carbons (Fsp3) is 0.276. The molecule has 4 aromatic rings. The highest BCUT2D eigenvalue weighted by Gasteiger charge is 2.30. The van der Waals surface area contributed by atoms with Crippen LogP contribution >= 0.6 is 0 Å². The van der Waals surface area contributed by atoms with Gasteiger partial charge in [-0.1, -0.05) is 42.5 Å². The van der Waals surface area contributed by atoms with E-state index in [1.807, 2.05) is 53.6 Å². The monoisotopic (exact) mass is 517 g/mol. The fourth-order valence-corrected chi connectivity index (χ4v) is 5.19. The number of hydrogen-bond donors (Lipinski definition) is 1. The van der Waals surface area contributed by atoms with E-state index < -0.39 is 28.9 Å². The highest BCUT2D eigenvalue weighted by Crippen LogP contribution is 2.30. The molecule has 0 spiro atoms. The predicted molar refractivity (Wildman–Crippen MR) is 142 cm³/mol. The quantitative estimate of drug-likeness (QED) is 0.404. The number of anilines is 1. The zero-order chi connectivity index (χ0) is 26.8. The number of hydrogen-bond acceptors (Lipinski definition) is 5. The van der Waals surface area contributed by atoms with Crippen molar-refractivity contribution in [2.24, 2.45) is 5.73 Å². The summed E-state index contributed by atoms with van der Waals surface area (Å²) < 4.78 is 31.5. The Hall–Kier alpha value is -4.11.